The van der Waals surface area contributed by atoms with Gasteiger partial charge in [-0.2, -0.15) is 0 Å². The summed E-state index contributed by atoms with van der Waals surface area (Å²) in [6.45, 7) is 9.18. The van der Waals surface area contributed by atoms with Gasteiger partial charge in [-0.1, -0.05) is 68.2 Å². The highest BCUT2D eigenvalue weighted by Gasteiger charge is 2.53. The van der Waals surface area contributed by atoms with E-state index in [-0.39, 0.29) is 36.2 Å². The van der Waals surface area contributed by atoms with Crippen molar-refractivity contribution in [2.45, 2.75) is 77.5 Å². The molecule has 7 heteroatoms. The summed E-state index contributed by atoms with van der Waals surface area (Å²) in [5.41, 5.74) is -0.310. The number of benzene rings is 2. The summed E-state index contributed by atoms with van der Waals surface area (Å²) >= 11 is 12.6. The van der Waals surface area contributed by atoms with Crippen molar-refractivity contribution in [2.24, 2.45) is 11.3 Å². The first-order chi connectivity index (χ1) is 16.3. The fraction of sp³-hybridized carbons (Fsp3) is 0.500. The first-order valence-electron chi connectivity index (χ1n) is 12.1. The average molecular weight is 520 g/mol. The van der Waals surface area contributed by atoms with Gasteiger partial charge < -0.3 is 15.1 Å². The first-order valence-corrected chi connectivity index (χ1v) is 12.8. The van der Waals surface area contributed by atoms with Gasteiger partial charge >= 0.3 is 5.97 Å². The number of carbonyl (C=O) groups excluding carboxylic acids is 1. The molecule has 5 nitrogen and oxygen atoms in total. The van der Waals surface area contributed by atoms with Crippen molar-refractivity contribution < 1.29 is 19.8 Å². The Morgan fingerprint density at radius 1 is 1.14 bits per heavy atom. The third kappa shape index (κ3) is 5.84. The summed E-state index contributed by atoms with van der Waals surface area (Å²) in [7, 11) is 0. The number of carbonyl (C=O) groups is 2. The summed E-state index contributed by atoms with van der Waals surface area (Å²) in [6.07, 6.45) is 0.683. The number of nitrogens with zero attached hydrogens (tertiary/aromatic N) is 1. The van der Waals surface area contributed by atoms with Crippen LogP contribution in [0.25, 0.3) is 0 Å². The van der Waals surface area contributed by atoms with Crippen LogP contribution in [0.15, 0.2) is 48.5 Å². The molecule has 1 fully saturated rings. The van der Waals surface area contributed by atoms with E-state index in [9.17, 15) is 19.8 Å². The largest absolute Gasteiger partial charge is 0.481 e. The van der Waals surface area contributed by atoms with Gasteiger partial charge in [-0.3, -0.25) is 9.59 Å². The van der Waals surface area contributed by atoms with Crippen molar-refractivity contribution >= 4 is 35.1 Å². The predicted molar refractivity (Wildman–Crippen MR) is 140 cm³/mol. The Bertz CT molecular complexity index is 1070. The lowest BCUT2D eigenvalue weighted by Crippen LogP contribution is -2.59. The molecule has 1 heterocycles. The van der Waals surface area contributed by atoms with Gasteiger partial charge in [-0.25, -0.2) is 0 Å². The summed E-state index contributed by atoms with van der Waals surface area (Å²) in [5.74, 6) is -1.70. The number of hydrogen-bond acceptors (Lipinski definition) is 3. The zero-order valence-electron chi connectivity index (χ0n) is 21.0. The number of carboxylic acid groups (broad SMARTS) is 1. The van der Waals surface area contributed by atoms with Gasteiger partial charge in [-0.05, 0) is 62.1 Å². The molecule has 0 bridgehead atoms. The van der Waals surface area contributed by atoms with Gasteiger partial charge in [0.25, 0.3) is 0 Å². The highest BCUT2D eigenvalue weighted by molar-refractivity contribution is 6.30. The molecule has 2 N–H and O–H groups in total. The van der Waals surface area contributed by atoms with E-state index < -0.39 is 17.0 Å². The molecule has 0 spiro atoms. The lowest BCUT2D eigenvalue weighted by molar-refractivity contribution is -0.164. The molecule has 1 amide bonds. The number of carboxylic acids is 1. The maximum atomic E-state index is 14.2. The van der Waals surface area contributed by atoms with Gasteiger partial charge in [0.05, 0.1) is 23.5 Å². The van der Waals surface area contributed by atoms with E-state index >= 15 is 0 Å². The average Bonchev–Trinajstić information content (AvgIpc) is 2.76. The standard InChI is InChI=1S/C28H35Cl2NO4/c1-6-23(17(2)27(3,4)35)31-25(18-10-12-20(29)13-11-18)22(19-8-7-9-21(30)14-19)15-28(5,26(31)34)16-24(32)33/h7-14,17,22-23,25,35H,6,15-16H2,1-5H3,(H,32,33)/t17-,22-,23+,25?,28-/m1/s1. The molecule has 1 unspecified atom stereocenters. The Labute approximate surface area is 218 Å². The summed E-state index contributed by atoms with van der Waals surface area (Å²) in [6, 6.07) is 14.3. The van der Waals surface area contributed by atoms with Crippen LogP contribution >= 0.6 is 23.2 Å². The number of amides is 1. The second-order valence-electron chi connectivity index (χ2n) is 10.6. The third-order valence-corrected chi connectivity index (χ3v) is 8.09. The van der Waals surface area contributed by atoms with Crippen molar-refractivity contribution in [1.29, 1.82) is 0 Å². The Balaban J connectivity index is 2.28. The van der Waals surface area contributed by atoms with Gasteiger partial charge in [-0.15, -0.1) is 0 Å². The SMILES string of the molecule is CC[C@@H]([C@@H](C)C(C)(C)O)N1C(=O)[C@@](C)(CC(=O)O)C[C@H](c2cccc(Cl)c2)C1c1ccc(Cl)cc1. The molecule has 1 saturated heterocycles. The second kappa shape index (κ2) is 10.5. The van der Waals surface area contributed by atoms with Crippen LogP contribution in [0.1, 0.15) is 77.0 Å². The molecule has 0 aromatic heterocycles. The molecule has 2 aromatic carbocycles. The molecule has 1 aliphatic heterocycles. The van der Waals surface area contributed by atoms with Crippen molar-refractivity contribution in [1.82, 2.24) is 4.90 Å². The van der Waals surface area contributed by atoms with E-state index in [1.165, 1.54) is 0 Å². The van der Waals surface area contributed by atoms with Crippen LogP contribution in [0.3, 0.4) is 0 Å². The van der Waals surface area contributed by atoms with E-state index in [4.69, 9.17) is 23.2 Å². The molecule has 0 radical (unpaired) electrons. The number of likely N-dealkylation sites (tertiary alicyclic amines) is 1. The molecule has 190 valence electrons. The molecule has 3 rings (SSSR count). The Kier molecular flexibility index (Phi) is 8.25. The van der Waals surface area contributed by atoms with Gasteiger partial charge in [0.1, 0.15) is 0 Å². The van der Waals surface area contributed by atoms with E-state index in [2.05, 4.69) is 0 Å². The zero-order valence-corrected chi connectivity index (χ0v) is 22.5. The van der Waals surface area contributed by atoms with Crippen LogP contribution < -0.4 is 0 Å². The minimum atomic E-state index is -1.12. The monoisotopic (exact) mass is 519 g/mol. The molecular weight excluding hydrogens is 485 g/mol. The van der Waals surface area contributed by atoms with Crippen LogP contribution in [0.2, 0.25) is 10.0 Å². The first kappa shape index (κ1) is 27.5. The van der Waals surface area contributed by atoms with E-state index in [1.54, 1.807) is 39.0 Å². The van der Waals surface area contributed by atoms with Crippen LogP contribution in [0.5, 0.6) is 0 Å². The predicted octanol–water partition coefficient (Wildman–Crippen LogP) is 6.72. The number of hydrogen-bond donors (Lipinski definition) is 2. The van der Waals surface area contributed by atoms with Crippen molar-refractivity contribution in [3.63, 3.8) is 0 Å². The number of rotatable bonds is 8. The maximum absolute atomic E-state index is 14.2. The molecule has 0 aliphatic carbocycles. The summed E-state index contributed by atoms with van der Waals surface area (Å²) in [4.78, 5) is 28.0. The van der Waals surface area contributed by atoms with E-state index in [1.807, 2.05) is 49.1 Å². The zero-order chi connectivity index (χ0) is 26.1. The molecule has 35 heavy (non-hydrogen) atoms. The fourth-order valence-electron chi connectivity index (χ4n) is 5.51. The van der Waals surface area contributed by atoms with Gasteiger partial charge in [0.15, 0.2) is 0 Å². The minimum Gasteiger partial charge on any atom is -0.481 e. The van der Waals surface area contributed by atoms with Crippen molar-refractivity contribution in [2.75, 3.05) is 0 Å². The van der Waals surface area contributed by atoms with Crippen LogP contribution in [0.4, 0.5) is 0 Å². The lowest BCUT2D eigenvalue weighted by Gasteiger charge is -2.54. The van der Waals surface area contributed by atoms with Gasteiger partial charge in [0, 0.05) is 27.9 Å². The lowest BCUT2D eigenvalue weighted by atomic mass is 9.66. The highest BCUT2D eigenvalue weighted by Crippen LogP contribution is 2.53. The number of halogens is 2. The summed E-state index contributed by atoms with van der Waals surface area (Å²) in [5, 5.41) is 21.8. The Morgan fingerprint density at radius 2 is 1.77 bits per heavy atom. The number of piperidine rings is 1. The molecule has 2 aromatic rings. The van der Waals surface area contributed by atoms with E-state index in [0.717, 1.165) is 11.1 Å². The third-order valence-electron chi connectivity index (χ3n) is 7.60. The number of aliphatic hydroxyl groups is 1. The Hall–Kier alpha value is -2.08. The van der Waals surface area contributed by atoms with Crippen molar-refractivity contribution in [3.8, 4) is 0 Å². The minimum absolute atomic E-state index is 0.207. The summed E-state index contributed by atoms with van der Waals surface area (Å²) < 4.78 is 0. The Morgan fingerprint density at radius 3 is 2.29 bits per heavy atom. The molecule has 1 aliphatic rings. The van der Waals surface area contributed by atoms with Crippen molar-refractivity contribution in [3.05, 3.63) is 69.7 Å². The van der Waals surface area contributed by atoms with E-state index in [0.29, 0.717) is 22.9 Å². The van der Waals surface area contributed by atoms with Crippen LogP contribution in [-0.2, 0) is 9.59 Å². The van der Waals surface area contributed by atoms with Gasteiger partial charge in [0.2, 0.25) is 5.91 Å². The molecule has 5 atom stereocenters. The highest BCUT2D eigenvalue weighted by atomic mass is 35.5. The quantitative estimate of drug-likeness (QED) is 0.405. The normalized spacial score (nSPS) is 24.8. The molecular formula is C28H35Cl2NO4. The molecule has 0 saturated carbocycles. The second-order valence-corrected chi connectivity index (χ2v) is 11.5. The fourth-order valence-corrected chi connectivity index (χ4v) is 5.83. The smallest absolute Gasteiger partial charge is 0.304 e. The number of aliphatic carboxylic acids is 1. The maximum Gasteiger partial charge on any atom is 0.304 e. The topological polar surface area (TPSA) is 77.8 Å². The van der Waals surface area contributed by atoms with Crippen LogP contribution in [-0.4, -0.2) is 38.6 Å². The van der Waals surface area contributed by atoms with Crippen LogP contribution in [0, 0.1) is 11.3 Å².